The van der Waals surface area contributed by atoms with Crippen molar-refractivity contribution in [1.29, 1.82) is 0 Å². The smallest absolute Gasteiger partial charge is 0.335 e. The first-order chi connectivity index (χ1) is 10.1. The molecule has 2 N–H and O–H groups in total. The van der Waals surface area contributed by atoms with Gasteiger partial charge in [0.2, 0.25) is 0 Å². The van der Waals surface area contributed by atoms with Crippen molar-refractivity contribution in [2.75, 3.05) is 5.32 Å². The fourth-order valence-corrected chi connectivity index (χ4v) is 2.00. The Bertz CT molecular complexity index is 831. The molecule has 0 radical (unpaired) electrons. The van der Waals surface area contributed by atoms with Crippen LogP contribution in [0.2, 0.25) is 0 Å². The van der Waals surface area contributed by atoms with E-state index in [2.05, 4.69) is 15.5 Å². The molecule has 1 heterocycles. The zero-order chi connectivity index (χ0) is 14.8. The largest absolute Gasteiger partial charge is 0.478 e. The third kappa shape index (κ3) is 2.51. The predicted octanol–water partition coefficient (Wildman–Crippen LogP) is 3.21. The Morgan fingerprint density at radius 2 is 1.95 bits per heavy atom. The maximum Gasteiger partial charge on any atom is 0.335 e. The fourth-order valence-electron chi connectivity index (χ4n) is 2.00. The quantitative estimate of drug-likeness (QED) is 0.772. The summed E-state index contributed by atoms with van der Waals surface area (Å²) in [5, 5.41) is 20.4. The van der Waals surface area contributed by atoms with Crippen LogP contribution in [0.3, 0.4) is 0 Å². The molecular formula is C15H10FN3O2. The Balaban J connectivity index is 2.01. The lowest BCUT2D eigenvalue weighted by Crippen LogP contribution is -2.00. The lowest BCUT2D eigenvalue weighted by Gasteiger charge is -2.09. The van der Waals surface area contributed by atoms with Crippen LogP contribution in [0.5, 0.6) is 0 Å². The molecular weight excluding hydrogens is 273 g/mol. The first kappa shape index (κ1) is 13.0. The maximum atomic E-state index is 13.9. The van der Waals surface area contributed by atoms with Gasteiger partial charge in [-0.1, -0.05) is 18.2 Å². The van der Waals surface area contributed by atoms with Gasteiger partial charge in [-0.25, -0.2) is 9.18 Å². The lowest BCUT2D eigenvalue weighted by molar-refractivity contribution is 0.0696. The van der Waals surface area contributed by atoms with Crippen molar-refractivity contribution in [3.8, 4) is 0 Å². The van der Waals surface area contributed by atoms with Gasteiger partial charge in [-0.05, 0) is 24.3 Å². The molecule has 0 aliphatic carbocycles. The van der Waals surface area contributed by atoms with Gasteiger partial charge in [0.25, 0.3) is 0 Å². The molecule has 0 aliphatic rings. The number of nitrogens with zero attached hydrogens (tertiary/aromatic N) is 2. The molecule has 0 unspecified atom stereocenters. The van der Waals surface area contributed by atoms with E-state index in [9.17, 15) is 9.18 Å². The van der Waals surface area contributed by atoms with E-state index in [0.717, 1.165) is 11.5 Å². The van der Waals surface area contributed by atoms with Crippen molar-refractivity contribution in [3.05, 3.63) is 60.0 Å². The highest BCUT2D eigenvalue weighted by Crippen LogP contribution is 2.26. The monoisotopic (exact) mass is 283 g/mol. The maximum absolute atomic E-state index is 13.9. The van der Waals surface area contributed by atoms with Crippen LogP contribution in [-0.2, 0) is 0 Å². The minimum atomic E-state index is -1.17. The predicted molar refractivity (Wildman–Crippen MR) is 76.2 cm³/mol. The molecule has 5 nitrogen and oxygen atoms in total. The van der Waals surface area contributed by atoms with Crippen LogP contribution < -0.4 is 5.32 Å². The SMILES string of the molecule is O=C(O)c1ccc(Nc2cnnc3ccccc23)c(F)c1. The number of anilines is 2. The van der Waals surface area contributed by atoms with Crippen molar-refractivity contribution >= 4 is 28.2 Å². The summed E-state index contributed by atoms with van der Waals surface area (Å²) in [7, 11) is 0. The van der Waals surface area contributed by atoms with Crippen LogP contribution in [0.1, 0.15) is 10.4 Å². The van der Waals surface area contributed by atoms with Gasteiger partial charge in [0, 0.05) is 5.39 Å². The first-order valence-corrected chi connectivity index (χ1v) is 6.15. The zero-order valence-corrected chi connectivity index (χ0v) is 10.7. The van der Waals surface area contributed by atoms with E-state index >= 15 is 0 Å². The molecule has 1 aromatic heterocycles. The molecule has 21 heavy (non-hydrogen) atoms. The Kier molecular flexibility index (Phi) is 3.19. The van der Waals surface area contributed by atoms with Crippen LogP contribution in [0.15, 0.2) is 48.7 Å². The van der Waals surface area contributed by atoms with Crippen LogP contribution in [0, 0.1) is 5.82 Å². The summed E-state index contributed by atoms with van der Waals surface area (Å²) in [6.07, 6.45) is 1.49. The number of hydrogen-bond acceptors (Lipinski definition) is 4. The van der Waals surface area contributed by atoms with Crippen LogP contribution >= 0.6 is 0 Å². The Morgan fingerprint density at radius 3 is 2.71 bits per heavy atom. The van der Waals surface area contributed by atoms with Gasteiger partial charge >= 0.3 is 5.97 Å². The number of hydrogen-bond donors (Lipinski definition) is 2. The third-order valence-electron chi connectivity index (χ3n) is 3.03. The standard InChI is InChI=1S/C15H10FN3O2/c16-11-7-9(15(20)21)5-6-13(11)18-14-8-17-19-12-4-2-1-3-10(12)14/h1-8H,(H,18,19)(H,20,21). The second kappa shape index (κ2) is 5.16. The number of aromatic carboxylic acids is 1. The Labute approximate surface area is 119 Å². The topological polar surface area (TPSA) is 75.1 Å². The lowest BCUT2D eigenvalue weighted by atomic mass is 10.1. The van der Waals surface area contributed by atoms with Gasteiger partial charge in [0.05, 0.1) is 28.7 Å². The molecule has 0 fully saturated rings. The molecule has 0 bridgehead atoms. The highest BCUT2D eigenvalue weighted by Gasteiger charge is 2.10. The summed E-state index contributed by atoms with van der Waals surface area (Å²) in [6, 6.07) is 11.0. The van der Waals surface area contributed by atoms with E-state index in [0.29, 0.717) is 11.2 Å². The Morgan fingerprint density at radius 1 is 1.14 bits per heavy atom. The molecule has 0 amide bonds. The van der Waals surface area contributed by atoms with E-state index in [4.69, 9.17) is 5.11 Å². The number of aromatic nitrogens is 2. The molecule has 0 atom stereocenters. The summed E-state index contributed by atoms with van der Waals surface area (Å²) in [5.41, 5.74) is 1.36. The molecule has 0 spiro atoms. The van der Waals surface area contributed by atoms with Gasteiger partial charge in [-0.3, -0.25) is 0 Å². The summed E-state index contributed by atoms with van der Waals surface area (Å²) < 4.78 is 13.9. The number of rotatable bonds is 3. The molecule has 0 aliphatic heterocycles. The second-order valence-corrected chi connectivity index (χ2v) is 4.40. The van der Waals surface area contributed by atoms with Crippen LogP contribution in [0.25, 0.3) is 10.9 Å². The molecule has 104 valence electrons. The van der Waals surface area contributed by atoms with Gasteiger partial charge in [-0.15, -0.1) is 0 Å². The summed E-state index contributed by atoms with van der Waals surface area (Å²) >= 11 is 0. The molecule has 0 saturated heterocycles. The van der Waals surface area contributed by atoms with Crippen molar-refractivity contribution in [2.24, 2.45) is 0 Å². The Hall–Kier alpha value is -3.02. The summed E-state index contributed by atoms with van der Waals surface area (Å²) in [6.45, 7) is 0. The number of nitrogens with one attached hydrogen (secondary N) is 1. The van der Waals surface area contributed by atoms with Crippen LogP contribution in [-0.4, -0.2) is 21.3 Å². The average molecular weight is 283 g/mol. The summed E-state index contributed by atoms with van der Waals surface area (Å²) in [4.78, 5) is 10.8. The van der Waals surface area contributed by atoms with E-state index in [1.54, 1.807) is 6.07 Å². The highest BCUT2D eigenvalue weighted by atomic mass is 19.1. The van der Waals surface area contributed by atoms with E-state index in [1.165, 1.54) is 18.3 Å². The molecule has 3 rings (SSSR count). The van der Waals surface area contributed by atoms with Gasteiger partial charge in [0.15, 0.2) is 0 Å². The van der Waals surface area contributed by atoms with Gasteiger partial charge in [0.1, 0.15) is 5.82 Å². The second-order valence-electron chi connectivity index (χ2n) is 4.40. The van der Waals surface area contributed by atoms with Crippen molar-refractivity contribution < 1.29 is 14.3 Å². The third-order valence-corrected chi connectivity index (χ3v) is 3.03. The van der Waals surface area contributed by atoms with Crippen molar-refractivity contribution in [3.63, 3.8) is 0 Å². The molecule has 6 heteroatoms. The van der Waals surface area contributed by atoms with E-state index in [1.807, 2.05) is 18.2 Å². The average Bonchev–Trinajstić information content (AvgIpc) is 2.49. The number of carbonyl (C=O) groups is 1. The van der Waals surface area contributed by atoms with Crippen LogP contribution in [0.4, 0.5) is 15.8 Å². The van der Waals surface area contributed by atoms with Gasteiger partial charge < -0.3 is 10.4 Å². The van der Waals surface area contributed by atoms with Crippen molar-refractivity contribution in [1.82, 2.24) is 10.2 Å². The molecule has 3 aromatic rings. The van der Waals surface area contributed by atoms with E-state index < -0.39 is 11.8 Å². The molecule has 0 saturated carbocycles. The normalized spacial score (nSPS) is 10.5. The highest BCUT2D eigenvalue weighted by molar-refractivity contribution is 5.92. The van der Waals surface area contributed by atoms with Crippen molar-refractivity contribution in [2.45, 2.75) is 0 Å². The zero-order valence-electron chi connectivity index (χ0n) is 10.7. The number of fused-ring (bicyclic) bond motifs is 1. The molecule has 2 aromatic carbocycles. The minimum absolute atomic E-state index is 0.101. The number of halogens is 1. The summed E-state index contributed by atoms with van der Waals surface area (Å²) in [5.74, 6) is -1.81. The fraction of sp³-hybridized carbons (Fsp3) is 0. The number of benzene rings is 2. The van der Waals surface area contributed by atoms with Gasteiger partial charge in [-0.2, -0.15) is 10.2 Å². The minimum Gasteiger partial charge on any atom is -0.478 e. The number of carboxylic acids is 1. The number of carboxylic acid groups (broad SMARTS) is 1. The van der Waals surface area contributed by atoms with E-state index in [-0.39, 0.29) is 11.3 Å². The first-order valence-electron chi connectivity index (χ1n) is 6.15.